The molecule has 3 heterocycles. The quantitative estimate of drug-likeness (QED) is 0.603. The van der Waals surface area contributed by atoms with Crippen LogP contribution in [-0.4, -0.2) is 60.0 Å². The van der Waals surface area contributed by atoms with E-state index in [9.17, 15) is 17.6 Å². The predicted octanol–water partition coefficient (Wildman–Crippen LogP) is 2.56. The number of amides is 1. The number of sulfonamides is 1. The van der Waals surface area contributed by atoms with Gasteiger partial charge in [-0.25, -0.2) is 27.5 Å². The topological polar surface area (TPSA) is 117 Å². The van der Waals surface area contributed by atoms with Crippen molar-refractivity contribution in [2.45, 2.75) is 37.4 Å². The van der Waals surface area contributed by atoms with E-state index < -0.39 is 16.2 Å². The monoisotopic (exact) mass is 458 g/mol. The molecule has 0 spiro atoms. The van der Waals surface area contributed by atoms with E-state index in [1.807, 2.05) is 6.92 Å². The van der Waals surface area contributed by atoms with Crippen LogP contribution >= 0.6 is 0 Å². The van der Waals surface area contributed by atoms with Crippen LogP contribution in [0.15, 0.2) is 41.4 Å². The Morgan fingerprint density at radius 3 is 2.66 bits per heavy atom. The van der Waals surface area contributed by atoms with Gasteiger partial charge in [0.15, 0.2) is 5.65 Å². The SMILES string of the molecule is CNS(=O)(=O)c1ccc(Nc2ncc3ccc(C(=O)N4C[C@@H](F)C[C@@H]4C)nc3n2)c(C)c1. The Kier molecular flexibility index (Phi) is 5.78. The lowest BCUT2D eigenvalue weighted by Gasteiger charge is -2.20. The third-order valence-corrected chi connectivity index (χ3v) is 6.88. The molecule has 2 N–H and O–H groups in total. The van der Waals surface area contributed by atoms with E-state index in [1.165, 1.54) is 18.0 Å². The molecule has 0 bridgehead atoms. The van der Waals surface area contributed by atoms with Crippen LogP contribution in [0, 0.1) is 6.92 Å². The first-order chi connectivity index (χ1) is 15.2. The first-order valence-corrected chi connectivity index (χ1v) is 11.6. The number of nitrogens with one attached hydrogen (secondary N) is 2. The maximum absolute atomic E-state index is 13.7. The fourth-order valence-electron chi connectivity index (χ4n) is 3.67. The number of aromatic nitrogens is 3. The zero-order valence-electron chi connectivity index (χ0n) is 17.8. The number of rotatable bonds is 5. The summed E-state index contributed by atoms with van der Waals surface area (Å²) in [6, 6.07) is 7.75. The van der Waals surface area contributed by atoms with Crippen molar-refractivity contribution >= 4 is 38.6 Å². The van der Waals surface area contributed by atoms with Gasteiger partial charge in [-0.1, -0.05) is 0 Å². The largest absolute Gasteiger partial charge is 0.332 e. The number of carbonyl (C=O) groups excluding carboxylic acids is 1. The number of hydrogen-bond acceptors (Lipinski definition) is 7. The van der Waals surface area contributed by atoms with Crippen molar-refractivity contribution in [1.82, 2.24) is 24.6 Å². The van der Waals surface area contributed by atoms with Gasteiger partial charge in [0, 0.05) is 29.7 Å². The lowest BCUT2D eigenvalue weighted by Crippen LogP contribution is -2.34. The van der Waals surface area contributed by atoms with Gasteiger partial charge < -0.3 is 10.2 Å². The number of alkyl halides is 1. The second kappa shape index (κ2) is 8.40. The van der Waals surface area contributed by atoms with E-state index in [-0.39, 0.29) is 35.0 Å². The number of fused-ring (bicyclic) bond motifs is 1. The summed E-state index contributed by atoms with van der Waals surface area (Å²) >= 11 is 0. The average Bonchev–Trinajstić information content (AvgIpc) is 3.11. The first-order valence-electron chi connectivity index (χ1n) is 10.1. The molecule has 2 aromatic heterocycles. The normalized spacial score (nSPS) is 18.8. The number of halogens is 1. The molecule has 1 aliphatic heterocycles. The zero-order valence-corrected chi connectivity index (χ0v) is 18.6. The van der Waals surface area contributed by atoms with Crippen LogP contribution in [0.1, 0.15) is 29.4 Å². The third-order valence-electron chi connectivity index (χ3n) is 5.47. The van der Waals surface area contributed by atoms with Crippen molar-refractivity contribution in [2.75, 3.05) is 18.9 Å². The van der Waals surface area contributed by atoms with E-state index in [4.69, 9.17) is 0 Å². The minimum absolute atomic E-state index is 0.0643. The fraction of sp³-hybridized carbons (Fsp3) is 0.333. The predicted molar refractivity (Wildman–Crippen MR) is 118 cm³/mol. The maximum atomic E-state index is 13.7. The van der Waals surface area contributed by atoms with Crippen molar-refractivity contribution in [2.24, 2.45) is 0 Å². The number of hydrogen-bond donors (Lipinski definition) is 2. The van der Waals surface area contributed by atoms with Crippen molar-refractivity contribution < 1.29 is 17.6 Å². The van der Waals surface area contributed by atoms with Crippen LogP contribution in [0.25, 0.3) is 11.0 Å². The highest BCUT2D eigenvalue weighted by Crippen LogP contribution is 2.24. The molecule has 1 aliphatic rings. The molecule has 0 unspecified atom stereocenters. The zero-order chi connectivity index (χ0) is 23.0. The second-order valence-electron chi connectivity index (χ2n) is 7.75. The lowest BCUT2D eigenvalue weighted by atomic mass is 10.2. The maximum Gasteiger partial charge on any atom is 0.272 e. The summed E-state index contributed by atoms with van der Waals surface area (Å²) in [5, 5.41) is 3.71. The van der Waals surface area contributed by atoms with Gasteiger partial charge in [0.2, 0.25) is 16.0 Å². The Bertz CT molecular complexity index is 1300. The van der Waals surface area contributed by atoms with Crippen LogP contribution in [0.3, 0.4) is 0 Å². The van der Waals surface area contributed by atoms with Gasteiger partial charge in [-0.15, -0.1) is 0 Å². The van der Waals surface area contributed by atoms with E-state index in [0.29, 0.717) is 28.7 Å². The molecule has 9 nitrogen and oxygen atoms in total. The minimum Gasteiger partial charge on any atom is -0.332 e. The molecule has 32 heavy (non-hydrogen) atoms. The summed E-state index contributed by atoms with van der Waals surface area (Å²) in [5.41, 5.74) is 1.84. The fourth-order valence-corrected chi connectivity index (χ4v) is 4.48. The van der Waals surface area contributed by atoms with Crippen LogP contribution < -0.4 is 10.0 Å². The molecule has 11 heteroatoms. The first kappa shape index (κ1) is 22.0. The summed E-state index contributed by atoms with van der Waals surface area (Å²) in [6.45, 7) is 3.65. The Hall–Kier alpha value is -3.18. The van der Waals surface area contributed by atoms with Gasteiger partial charge in [0.25, 0.3) is 5.91 Å². The molecular formula is C21H23FN6O3S. The standard InChI is InChI=1S/C21H23FN6O3S/c1-12-8-16(32(30,31)23-3)5-7-17(12)26-21-24-10-14-4-6-18(25-19(14)27-21)20(29)28-11-15(22)9-13(28)2/h4-8,10,13,15,23H,9,11H2,1-3H3,(H,24,25,26,27)/t13-,15-/m0/s1. The van der Waals surface area contributed by atoms with Crippen LogP contribution in [0.5, 0.6) is 0 Å². The number of pyridine rings is 1. The summed E-state index contributed by atoms with van der Waals surface area (Å²) in [4.78, 5) is 27.5. The van der Waals surface area contributed by atoms with E-state index in [2.05, 4.69) is 25.0 Å². The molecular weight excluding hydrogens is 435 g/mol. The van der Waals surface area contributed by atoms with Crippen LogP contribution in [0.2, 0.25) is 0 Å². The van der Waals surface area contributed by atoms with E-state index in [0.717, 1.165) is 0 Å². The highest BCUT2D eigenvalue weighted by molar-refractivity contribution is 7.89. The lowest BCUT2D eigenvalue weighted by molar-refractivity contribution is 0.0734. The Balaban J connectivity index is 1.60. The van der Waals surface area contributed by atoms with Crippen LogP contribution in [-0.2, 0) is 10.0 Å². The number of aryl methyl sites for hydroxylation is 1. The molecule has 2 atom stereocenters. The second-order valence-corrected chi connectivity index (χ2v) is 9.64. The van der Waals surface area contributed by atoms with Gasteiger partial charge in [0.1, 0.15) is 11.9 Å². The average molecular weight is 459 g/mol. The number of likely N-dealkylation sites (tertiary alicyclic amines) is 1. The number of carbonyl (C=O) groups is 1. The summed E-state index contributed by atoms with van der Waals surface area (Å²) < 4.78 is 39.9. The van der Waals surface area contributed by atoms with Gasteiger partial charge >= 0.3 is 0 Å². The Morgan fingerprint density at radius 2 is 2.00 bits per heavy atom. The number of nitrogens with zero attached hydrogens (tertiary/aromatic N) is 4. The molecule has 168 valence electrons. The number of benzene rings is 1. The van der Waals surface area contributed by atoms with Gasteiger partial charge in [-0.3, -0.25) is 4.79 Å². The highest BCUT2D eigenvalue weighted by Gasteiger charge is 2.33. The van der Waals surface area contributed by atoms with Gasteiger partial charge in [-0.2, -0.15) is 4.98 Å². The molecule has 1 fully saturated rings. The summed E-state index contributed by atoms with van der Waals surface area (Å²) in [7, 11) is -2.19. The highest BCUT2D eigenvalue weighted by atomic mass is 32.2. The van der Waals surface area contributed by atoms with Crippen molar-refractivity contribution in [3.63, 3.8) is 0 Å². The van der Waals surface area contributed by atoms with Gasteiger partial charge in [0.05, 0.1) is 11.4 Å². The molecule has 0 aliphatic carbocycles. The molecule has 0 saturated carbocycles. The van der Waals surface area contributed by atoms with Crippen LogP contribution in [0.4, 0.5) is 16.0 Å². The van der Waals surface area contributed by atoms with Crippen molar-refractivity contribution in [3.8, 4) is 0 Å². The molecule has 3 aromatic rings. The van der Waals surface area contributed by atoms with Crippen molar-refractivity contribution in [1.29, 1.82) is 0 Å². The van der Waals surface area contributed by atoms with Crippen molar-refractivity contribution in [3.05, 3.63) is 47.8 Å². The van der Waals surface area contributed by atoms with Gasteiger partial charge in [-0.05, 0) is 56.8 Å². The Labute approximate surface area is 185 Å². The Morgan fingerprint density at radius 1 is 1.22 bits per heavy atom. The molecule has 1 saturated heterocycles. The third kappa shape index (κ3) is 4.26. The van der Waals surface area contributed by atoms with E-state index >= 15 is 0 Å². The molecule has 4 rings (SSSR count). The number of anilines is 2. The smallest absolute Gasteiger partial charge is 0.272 e. The molecule has 1 amide bonds. The van der Waals surface area contributed by atoms with E-state index in [1.54, 1.807) is 37.4 Å². The summed E-state index contributed by atoms with van der Waals surface area (Å²) in [6.07, 6.45) is 0.880. The molecule has 0 radical (unpaired) electrons. The summed E-state index contributed by atoms with van der Waals surface area (Å²) in [5.74, 6) is -0.0786. The minimum atomic E-state index is -3.55. The molecule has 1 aromatic carbocycles.